The molecule has 7 nitrogen and oxygen atoms in total. The van der Waals surface area contributed by atoms with Crippen LogP contribution in [0.2, 0.25) is 0 Å². The molecule has 1 aliphatic rings. The maximum atomic E-state index is 13.6. The van der Waals surface area contributed by atoms with Crippen LogP contribution in [0, 0.1) is 12.7 Å². The number of anilines is 1. The number of rotatable bonds is 4. The average molecular weight is 440 g/mol. The predicted molar refractivity (Wildman–Crippen MR) is 119 cm³/mol. The number of hydrogen-bond donors (Lipinski definition) is 3. The smallest absolute Gasteiger partial charge is 0.165 e. The lowest BCUT2D eigenvalue weighted by atomic mass is 10.0. The Morgan fingerprint density at radius 2 is 2.00 bits per heavy atom. The zero-order valence-electron chi connectivity index (χ0n) is 16.8. The Morgan fingerprint density at radius 1 is 1.16 bits per heavy atom. The number of nitrogen functional groups attached to an aromatic ring is 1. The second-order valence-corrected chi connectivity index (χ2v) is 9.25. The molecule has 0 radical (unpaired) electrons. The highest BCUT2D eigenvalue weighted by Crippen LogP contribution is 2.45. The van der Waals surface area contributed by atoms with Gasteiger partial charge in [0, 0.05) is 22.2 Å². The number of aryl methyl sites for hydroxylation is 2. The Labute approximate surface area is 182 Å². The number of nitrogens with two attached hydrogens (primary N) is 1. The molecule has 0 saturated carbocycles. The molecule has 160 valence electrons. The third kappa shape index (κ3) is 3.52. The molecule has 5 rings (SSSR count). The summed E-state index contributed by atoms with van der Waals surface area (Å²) in [4.78, 5) is 12.7. The summed E-state index contributed by atoms with van der Waals surface area (Å²) in [5.74, 6) is -0.640. The van der Waals surface area contributed by atoms with Crippen LogP contribution in [0.3, 0.4) is 0 Å². The molecule has 0 spiro atoms. The molecule has 0 aliphatic carbocycles. The van der Waals surface area contributed by atoms with Gasteiger partial charge in [-0.05, 0) is 43.5 Å². The standard InChI is InChI=1S/C22H22FN5O2S/c1-11-14-6-7-28(21(14)26-10-25-11)22-19(30)18(29)17(31-22)5-3-12-2-4-13-9-15(23)20(24)27-16(13)8-12/h2,4,6-10,17-19,22,29-30H,3,5H2,1H3,(H2,24,27)/t17-,18-,19-,22-/m1/s1. The van der Waals surface area contributed by atoms with Gasteiger partial charge in [-0.3, -0.25) is 0 Å². The first-order valence-corrected chi connectivity index (χ1v) is 11.0. The zero-order valence-corrected chi connectivity index (χ0v) is 17.6. The van der Waals surface area contributed by atoms with Gasteiger partial charge in [0.2, 0.25) is 0 Å². The van der Waals surface area contributed by atoms with Crippen LogP contribution in [0.25, 0.3) is 21.9 Å². The van der Waals surface area contributed by atoms with E-state index >= 15 is 0 Å². The summed E-state index contributed by atoms with van der Waals surface area (Å²) >= 11 is 1.55. The first-order chi connectivity index (χ1) is 14.9. The van der Waals surface area contributed by atoms with E-state index in [1.165, 1.54) is 12.4 Å². The Hall–Kier alpha value is -2.75. The summed E-state index contributed by atoms with van der Waals surface area (Å²) in [6, 6.07) is 8.97. The van der Waals surface area contributed by atoms with Gasteiger partial charge < -0.3 is 20.5 Å². The highest BCUT2D eigenvalue weighted by atomic mass is 32.2. The number of hydrogen-bond acceptors (Lipinski definition) is 7. The quantitative estimate of drug-likeness (QED) is 0.448. The Bertz CT molecular complexity index is 1280. The zero-order chi connectivity index (χ0) is 21.7. The predicted octanol–water partition coefficient (Wildman–Crippen LogP) is 2.98. The molecule has 1 aliphatic heterocycles. The lowest BCUT2D eigenvalue weighted by Crippen LogP contribution is -2.31. The van der Waals surface area contributed by atoms with Crippen molar-refractivity contribution >= 4 is 39.5 Å². The number of fused-ring (bicyclic) bond motifs is 2. The number of aliphatic hydroxyl groups excluding tert-OH is 2. The van der Waals surface area contributed by atoms with E-state index in [9.17, 15) is 14.6 Å². The number of nitrogens with zero attached hydrogens (tertiary/aromatic N) is 4. The van der Waals surface area contributed by atoms with E-state index < -0.39 is 18.0 Å². The molecule has 0 unspecified atom stereocenters. The highest BCUT2D eigenvalue weighted by Gasteiger charge is 2.43. The fourth-order valence-electron chi connectivity index (χ4n) is 4.17. The van der Waals surface area contributed by atoms with Crippen molar-refractivity contribution in [3.05, 3.63) is 59.9 Å². The monoisotopic (exact) mass is 439 g/mol. The van der Waals surface area contributed by atoms with Gasteiger partial charge in [-0.25, -0.2) is 19.3 Å². The SMILES string of the molecule is Cc1ncnc2c1ccn2[C@@H]1S[C@H](CCc2ccc3cc(F)c(N)nc3c2)[C@@H](O)[C@H]1O. The first kappa shape index (κ1) is 20.2. The van der Waals surface area contributed by atoms with Crippen molar-refractivity contribution < 1.29 is 14.6 Å². The van der Waals surface area contributed by atoms with Crippen molar-refractivity contribution in [3.8, 4) is 0 Å². The fraction of sp³-hybridized carbons (Fsp3) is 0.318. The van der Waals surface area contributed by atoms with Crippen LogP contribution in [-0.4, -0.2) is 47.2 Å². The van der Waals surface area contributed by atoms with Gasteiger partial charge in [-0.15, -0.1) is 11.8 Å². The molecule has 0 bridgehead atoms. The number of aromatic nitrogens is 4. The van der Waals surface area contributed by atoms with E-state index in [-0.39, 0.29) is 16.4 Å². The molecule has 0 amide bonds. The Kier molecular flexibility index (Phi) is 5.04. The molecule has 4 N–H and O–H groups in total. The van der Waals surface area contributed by atoms with E-state index in [4.69, 9.17) is 5.73 Å². The van der Waals surface area contributed by atoms with E-state index in [0.717, 1.165) is 22.3 Å². The molecule has 1 saturated heterocycles. The van der Waals surface area contributed by atoms with Crippen molar-refractivity contribution in [1.29, 1.82) is 0 Å². The first-order valence-electron chi connectivity index (χ1n) is 10.1. The average Bonchev–Trinajstić information content (AvgIpc) is 3.30. The summed E-state index contributed by atoms with van der Waals surface area (Å²) in [5.41, 5.74) is 8.88. The van der Waals surface area contributed by atoms with Crippen LogP contribution >= 0.6 is 11.8 Å². The number of pyridine rings is 1. The second-order valence-electron chi connectivity index (χ2n) is 7.89. The Morgan fingerprint density at radius 3 is 2.84 bits per heavy atom. The van der Waals surface area contributed by atoms with Crippen LogP contribution < -0.4 is 5.73 Å². The minimum atomic E-state index is -0.901. The normalized spacial score (nSPS) is 23.7. The van der Waals surface area contributed by atoms with E-state index in [1.54, 1.807) is 11.8 Å². The largest absolute Gasteiger partial charge is 0.389 e. The summed E-state index contributed by atoms with van der Waals surface area (Å²) in [6.07, 6.45) is 3.02. The van der Waals surface area contributed by atoms with Gasteiger partial charge in [0.05, 0.1) is 17.3 Å². The van der Waals surface area contributed by atoms with Crippen LogP contribution in [0.1, 0.15) is 23.1 Å². The number of thioether (sulfide) groups is 1. The molecule has 1 fully saturated rings. The molecular formula is C22H22FN5O2S. The van der Waals surface area contributed by atoms with Crippen LogP contribution in [0.4, 0.5) is 10.2 Å². The molecule has 4 atom stereocenters. The van der Waals surface area contributed by atoms with Crippen molar-refractivity contribution in [3.63, 3.8) is 0 Å². The van der Waals surface area contributed by atoms with Crippen molar-refractivity contribution in [2.75, 3.05) is 5.73 Å². The van der Waals surface area contributed by atoms with Gasteiger partial charge in [-0.1, -0.05) is 12.1 Å². The maximum Gasteiger partial charge on any atom is 0.165 e. The van der Waals surface area contributed by atoms with Crippen LogP contribution in [0.15, 0.2) is 42.9 Å². The van der Waals surface area contributed by atoms with Crippen LogP contribution in [-0.2, 0) is 6.42 Å². The third-order valence-corrected chi connectivity index (χ3v) is 7.55. The molecule has 31 heavy (non-hydrogen) atoms. The summed E-state index contributed by atoms with van der Waals surface area (Å²) < 4.78 is 15.5. The summed E-state index contributed by atoms with van der Waals surface area (Å²) in [7, 11) is 0. The summed E-state index contributed by atoms with van der Waals surface area (Å²) in [5, 5.41) is 22.6. The van der Waals surface area contributed by atoms with E-state index in [2.05, 4.69) is 15.0 Å². The van der Waals surface area contributed by atoms with Gasteiger partial charge in [0.25, 0.3) is 0 Å². The summed E-state index contributed by atoms with van der Waals surface area (Å²) in [6.45, 7) is 1.92. The minimum absolute atomic E-state index is 0.115. The van der Waals surface area contributed by atoms with Gasteiger partial charge in [0.1, 0.15) is 23.5 Å². The van der Waals surface area contributed by atoms with E-state index in [0.29, 0.717) is 23.7 Å². The number of aliphatic hydroxyl groups is 2. The molecule has 3 aromatic heterocycles. The van der Waals surface area contributed by atoms with Crippen molar-refractivity contribution in [1.82, 2.24) is 19.5 Å². The van der Waals surface area contributed by atoms with Crippen molar-refractivity contribution in [2.24, 2.45) is 0 Å². The van der Waals surface area contributed by atoms with Gasteiger partial charge >= 0.3 is 0 Å². The molecular weight excluding hydrogens is 417 g/mol. The van der Waals surface area contributed by atoms with Crippen molar-refractivity contribution in [2.45, 2.75) is 42.6 Å². The second kappa shape index (κ2) is 7.74. The minimum Gasteiger partial charge on any atom is -0.389 e. The number of halogens is 1. The Balaban J connectivity index is 1.34. The fourth-order valence-corrected chi connectivity index (χ4v) is 5.72. The number of benzene rings is 1. The highest BCUT2D eigenvalue weighted by molar-refractivity contribution is 8.00. The van der Waals surface area contributed by atoms with Gasteiger partial charge in [0.15, 0.2) is 11.6 Å². The molecule has 4 aromatic rings. The maximum absolute atomic E-state index is 13.6. The van der Waals surface area contributed by atoms with E-state index in [1.807, 2.05) is 42.0 Å². The topological polar surface area (TPSA) is 110 Å². The molecule has 9 heteroatoms. The van der Waals surface area contributed by atoms with Gasteiger partial charge in [-0.2, -0.15) is 0 Å². The molecule has 1 aromatic carbocycles. The molecule has 4 heterocycles. The third-order valence-electron chi connectivity index (χ3n) is 5.90. The van der Waals surface area contributed by atoms with Crippen LogP contribution in [0.5, 0.6) is 0 Å². The lowest BCUT2D eigenvalue weighted by Gasteiger charge is -2.17. The lowest BCUT2D eigenvalue weighted by molar-refractivity contribution is 0.0176.